The van der Waals surface area contributed by atoms with E-state index in [2.05, 4.69) is 84.7 Å². The number of aryl methyl sites for hydroxylation is 2. The average molecular weight is 310 g/mol. The Morgan fingerprint density at radius 2 is 0.833 bits per heavy atom. The normalized spacial score (nSPS) is 11.6. The van der Waals surface area contributed by atoms with E-state index >= 15 is 0 Å². The molecule has 2 heteroatoms. The van der Waals surface area contributed by atoms with Gasteiger partial charge >= 0.3 is 0 Å². The summed E-state index contributed by atoms with van der Waals surface area (Å²) < 4.78 is 0. The number of hydrogen-bond acceptors (Lipinski definition) is 2. The van der Waals surface area contributed by atoms with Gasteiger partial charge in [0.15, 0.2) is 0 Å². The number of azo groups is 1. The van der Waals surface area contributed by atoms with Gasteiger partial charge in [0, 0.05) is 0 Å². The van der Waals surface area contributed by atoms with E-state index in [0.717, 1.165) is 11.4 Å². The van der Waals surface area contributed by atoms with E-state index in [9.17, 15) is 0 Å². The topological polar surface area (TPSA) is 24.7 Å². The van der Waals surface area contributed by atoms with Crippen LogP contribution >= 0.6 is 0 Å². The van der Waals surface area contributed by atoms with Crippen molar-refractivity contribution in [3.8, 4) is 0 Å². The third-order valence-electron chi connectivity index (χ3n) is 4.24. The first-order valence-electron chi connectivity index (χ1n) is 8.10. The molecule has 4 aromatic carbocycles. The Balaban J connectivity index is 1.66. The van der Waals surface area contributed by atoms with Crippen LogP contribution in [-0.4, -0.2) is 0 Å². The molecule has 0 aromatic heterocycles. The molecular formula is C22H18N2. The van der Waals surface area contributed by atoms with Crippen molar-refractivity contribution >= 4 is 32.9 Å². The van der Waals surface area contributed by atoms with Crippen LogP contribution < -0.4 is 0 Å². The van der Waals surface area contributed by atoms with Crippen LogP contribution in [-0.2, 0) is 0 Å². The van der Waals surface area contributed by atoms with E-state index in [0.29, 0.717) is 0 Å². The van der Waals surface area contributed by atoms with Crippen LogP contribution in [0.25, 0.3) is 21.5 Å². The molecule has 0 atom stereocenters. The average Bonchev–Trinajstić information content (AvgIpc) is 2.60. The summed E-state index contributed by atoms with van der Waals surface area (Å²) in [5, 5.41) is 13.6. The molecule has 0 heterocycles. The molecule has 0 radical (unpaired) electrons. The zero-order valence-corrected chi connectivity index (χ0v) is 13.8. The summed E-state index contributed by atoms with van der Waals surface area (Å²) in [7, 11) is 0. The van der Waals surface area contributed by atoms with E-state index in [-0.39, 0.29) is 0 Å². The second-order valence-corrected chi connectivity index (χ2v) is 6.27. The molecule has 0 saturated heterocycles. The van der Waals surface area contributed by atoms with Gasteiger partial charge in [0.25, 0.3) is 0 Å². The summed E-state index contributed by atoms with van der Waals surface area (Å²) in [6.07, 6.45) is 0. The Morgan fingerprint density at radius 3 is 1.29 bits per heavy atom. The van der Waals surface area contributed by atoms with E-state index in [1.165, 1.54) is 32.7 Å². The van der Waals surface area contributed by atoms with E-state index in [4.69, 9.17) is 0 Å². The third kappa shape index (κ3) is 2.91. The van der Waals surface area contributed by atoms with Crippen LogP contribution in [0.4, 0.5) is 11.4 Å². The van der Waals surface area contributed by atoms with Crippen LogP contribution in [0.2, 0.25) is 0 Å². The lowest BCUT2D eigenvalue weighted by Crippen LogP contribution is -1.76. The smallest absolute Gasteiger partial charge is 0.0863 e. The fraction of sp³-hybridized carbons (Fsp3) is 0.0909. The maximum Gasteiger partial charge on any atom is 0.0863 e. The zero-order valence-electron chi connectivity index (χ0n) is 13.8. The lowest BCUT2D eigenvalue weighted by atomic mass is 10.1. The van der Waals surface area contributed by atoms with Crippen molar-refractivity contribution < 1.29 is 0 Å². The predicted molar refractivity (Wildman–Crippen MR) is 102 cm³/mol. The SMILES string of the molecule is Cc1ccc2cc(N=Nc3ccc4cc(C)ccc4c3)ccc2c1. The predicted octanol–water partition coefficient (Wildman–Crippen LogP) is 7.03. The molecular weight excluding hydrogens is 292 g/mol. The van der Waals surface area contributed by atoms with Gasteiger partial charge in [-0.3, -0.25) is 0 Å². The van der Waals surface area contributed by atoms with Crippen molar-refractivity contribution in [1.82, 2.24) is 0 Å². The van der Waals surface area contributed by atoms with Gasteiger partial charge in [0.05, 0.1) is 11.4 Å². The standard InChI is InChI=1S/C22H18N2/c1-15-3-5-19-13-21(9-7-17(19)11-15)23-24-22-10-8-18-12-16(2)4-6-20(18)14-22/h3-14H,1-2H3. The van der Waals surface area contributed by atoms with Gasteiger partial charge in [0.2, 0.25) is 0 Å². The maximum atomic E-state index is 4.40. The molecule has 0 spiro atoms. The Kier molecular flexibility index (Phi) is 3.58. The molecule has 0 saturated carbocycles. The number of fused-ring (bicyclic) bond motifs is 2. The third-order valence-corrected chi connectivity index (χ3v) is 4.24. The first kappa shape index (κ1) is 14.6. The Bertz CT molecular complexity index is 990. The molecule has 4 aromatic rings. The molecule has 0 aliphatic rings. The number of rotatable bonds is 2. The molecule has 0 aliphatic carbocycles. The van der Waals surface area contributed by atoms with E-state index in [1.54, 1.807) is 0 Å². The highest BCUT2D eigenvalue weighted by atomic mass is 15.1. The first-order chi connectivity index (χ1) is 11.7. The fourth-order valence-electron chi connectivity index (χ4n) is 2.94. The summed E-state index contributed by atoms with van der Waals surface area (Å²) in [6.45, 7) is 4.21. The molecule has 0 aliphatic heterocycles. The molecule has 0 fully saturated rings. The summed E-state index contributed by atoms with van der Waals surface area (Å²) in [5.74, 6) is 0. The highest BCUT2D eigenvalue weighted by Gasteiger charge is 1.98. The van der Waals surface area contributed by atoms with Gasteiger partial charge in [-0.25, -0.2) is 0 Å². The summed E-state index contributed by atoms with van der Waals surface area (Å²) in [5.41, 5.74) is 4.28. The number of benzene rings is 4. The van der Waals surface area contributed by atoms with Gasteiger partial charge in [-0.15, -0.1) is 0 Å². The van der Waals surface area contributed by atoms with Crippen LogP contribution in [0.3, 0.4) is 0 Å². The van der Waals surface area contributed by atoms with Crippen molar-refractivity contribution in [3.63, 3.8) is 0 Å². The van der Waals surface area contributed by atoms with Crippen LogP contribution in [0.5, 0.6) is 0 Å². The minimum Gasteiger partial charge on any atom is -0.151 e. The first-order valence-corrected chi connectivity index (χ1v) is 8.10. The lowest BCUT2D eigenvalue weighted by Gasteiger charge is -2.02. The molecule has 24 heavy (non-hydrogen) atoms. The molecule has 0 bridgehead atoms. The Labute approximate surface area is 141 Å². The summed E-state index contributed by atoms with van der Waals surface area (Å²) in [4.78, 5) is 0. The van der Waals surface area contributed by atoms with Crippen LogP contribution in [0.15, 0.2) is 83.0 Å². The van der Waals surface area contributed by atoms with Gasteiger partial charge in [-0.1, -0.05) is 59.7 Å². The molecule has 0 amide bonds. The van der Waals surface area contributed by atoms with Gasteiger partial charge in [-0.2, -0.15) is 10.2 Å². The number of hydrogen-bond donors (Lipinski definition) is 0. The van der Waals surface area contributed by atoms with Crippen molar-refractivity contribution in [1.29, 1.82) is 0 Å². The van der Waals surface area contributed by atoms with Crippen LogP contribution in [0, 0.1) is 13.8 Å². The monoisotopic (exact) mass is 310 g/mol. The largest absolute Gasteiger partial charge is 0.151 e. The molecule has 4 rings (SSSR count). The van der Waals surface area contributed by atoms with Crippen molar-refractivity contribution in [2.75, 3.05) is 0 Å². The van der Waals surface area contributed by atoms with Crippen molar-refractivity contribution in [2.24, 2.45) is 10.2 Å². The molecule has 116 valence electrons. The highest BCUT2D eigenvalue weighted by molar-refractivity contribution is 5.86. The van der Waals surface area contributed by atoms with Gasteiger partial charge < -0.3 is 0 Å². The minimum absolute atomic E-state index is 0.871. The zero-order chi connectivity index (χ0) is 16.5. The molecule has 0 unspecified atom stereocenters. The van der Waals surface area contributed by atoms with Gasteiger partial charge in [-0.05, 0) is 59.7 Å². The fourth-order valence-corrected chi connectivity index (χ4v) is 2.94. The summed E-state index contributed by atoms with van der Waals surface area (Å²) >= 11 is 0. The molecule has 2 nitrogen and oxygen atoms in total. The van der Waals surface area contributed by atoms with E-state index in [1.807, 2.05) is 12.1 Å². The number of nitrogens with zero attached hydrogens (tertiary/aromatic N) is 2. The van der Waals surface area contributed by atoms with Crippen molar-refractivity contribution in [2.45, 2.75) is 13.8 Å². The lowest BCUT2D eigenvalue weighted by molar-refractivity contribution is 1.24. The van der Waals surface area contributed by atoms with Crippen LogP contribution in [0.1, 0.15) is 11.1 Å². The van der Waals surface area contributed by atoms with E-state index < -0.39 is 0 Å². The summed E-state index contributed by atoms with van der Waals surface area (Å²) in [6, 6.07) is 25.2. The second-order valence-electron chi connectivity index (χ2n) is 6.27. The Morgan fingerprint density at radius 1 is 0.458 bits per heavy atom. The molecule has 0 N–H and O–H groups in total. The second kappa shape index (κ2) is 5.89. The van der Waals surface area contributed by atoms with Crippen molar-refractivity contribution in [3.05, 3.63) is 83.9 Å². The Hall–Kier alpha value is -3.00. The van der Waals surface area contributed by atoms with Gasteiger partial charge in [0.1, 0.15) is 0 Å². The quantitative estimate of drug-likeness (QED) is 0.355. The minimum atomic E-state index is 0.871. The maximum absolute atomic E-state index is 4.40. The highest BCUT2D eigenvalue weighted by Crippen LogP contribution is 2.26.